The summed E-state index contributed by atoms with van der Waals surface area (Å²) < 4.78 is 7.53. The van der Waals surface area contributed by atoms with Crippen LogP contribution in [0.2, 0.25) is 0 Å². The Kier molecular flexibility index (Phi) is 8.29. The van der Waals surface area contributed by atoms with Crippen molar-refractivity contribution < 1.29 is 9.53 Å². The molecule has 8 heteroatoms. The van der Waals surface area contributed by atoms with Crippen molar-refractivity contribution in [1.82, 2.24) is 19.7 Å². The van der Waals surface area contributed by atoms with E-state index in [1.807, 2.05) is 18.0 Å². The first-order valence-electron chi connectivity index (χ1n) is 13.9. The molecule has 202 valence electrons. The van der Waals surface area contributed by atoms with E-state index >= 15 is 0 Å². The molecule has 4 atom stereocenters. The molecule has 3 aliphatic rings. The smallest absolute Gasteiger partial charge is 0.253 e. The second-order valence-electron chi connectivity index (χ2n) is 12.1. The Morgan fingerprint density at radius 1 is 1.19 bits per heavy atom. The van der Waals surface area contributed by atoms with E-state index in [2.05, 4.69) is 56.7 Å². The molecule has 0 unspecified atom stereocenters. The SMILES string of the molecule is CCCCc1cc2c(n(C)c1=O)C(C)(C)CN2C(=O)CN1C[C@@H](C)NC[C@@H]1CN1[C@H](C)COC[C@H]1C. The van der Waals surface area contributed by atoms with Crippen molar-refractivity contribution in [1.29, 1.82) is 0 Å². The van der Waals surface area contributed by atoms with Crippen molar-refractivity contribution in [2.24, 2.45) is 7.05 Å². The normalized spacial score (nSPS) is 28.9. The van der Waals surface area contributed by atoms with Gasteiger partial charge in [0.2, 0.25) is 5.91 Å². The van der Waals surface area contributed by atoms with E-state index in [-0.39, 0.29) is 22.9 Å². The first-order valence-corrected chi connectivity index (χ1v) is 13.9. The monoisotopic (exact) mass is 501 g/mol. The minimum absolute atomic E-state index is 0.0781. The minimum atomic E-state index is -0.267. The average Bonchev–Trinajstić information content (AvgIpc) is 3.09. The van der Waals surface area contributed by atoms with Gasteiger partial charge in [-0.3, -0.25) is 19.4 Å². The van der Waals surface area contributed by atoms with Crippen LogP contribution in [0.25, 0.3) is 0 Å². The minimum Gasteiger partial charge on any atom is -0.378 e. The van der Waals surface area contributed by atoms with E-state index in [0.29, 0.717) is 31.2 Å². The summed E-state index contributed by atoms with van der Waals surface area (Å²) in [6.45, 7) is 18.3. The maximum atomic E-state index is 13.9. The van der Waals surface area contributed by atoms with E-state index in [1.54, 1.807) is 4.57 Å². The predicted octanol–water partition coefficient (Wildman–Crippen LogP) is 2.12. The Labute approximate surface area is 217 Å². The van der Waals surface area contributed by atoms with Gasteiger partial charge in [-0.15, -0.1) is 0 Å². The van der Waals surface area contributed by atoms with Crippen LogP contribution in [0.15, 0.2) is 10.9 Å². The second kappa shape index (κ2) is 10.9. The number of hydrogen-bond acceptors (Lipinski definition) is 6. The molecule has 3 aliphatic heterocycles. The number of rotatable bonds is 7. The summed E-state index contributed by atoms with van der Waals surface area (Å²) in [4.78, 5) is 33.8. The molecule has 8 nitrogen and oxygen atoms in total. The highest BCUT2D eigenvalue weighted by Crippen LogP contribution is 2.40. The molecule has 4 heterocycles. The molecule has 0 aromatic carbocycles. The summed E-state index contributed by atoms with van der Waals surface area (Å²) >= 11 is 0. The lowest BCUT2D eigenvalue weighted by atomic mass is 9.90. The molecule has 0 saturated carbocycles. The number of carbonyl (C=O) groups excluding carboxylic acids is 1. The van der Waals surface area contributed by atoms with Crippen molar-refractivity contribution in [2.75, 3.05) is 50.8 Å². The van der Waals surface area contributed by atoms with Gasteiger partial charge in [-0.1, -0.05) is 27.2 Å². The van der Waals surface area contributed by atoms with E-state index in [1.165, 1.54) is 0 Å². The van der Waals surface area contributed by atoms with Crippen LogP contribution in [0.4, 0.5) is 5.69 Å². The summed E-state index contributed by atoms with van der Waals surface area (Å²) in [6.07, 6.45) is 2.77. The third-order valence-corrected chi connectivity index (χ3v) is 8.39. The number of nitrogens with one attached hydrogen (secondary N) is 1. The van der Waals surface area contributed by atoms with Gasteiger partial charge in [-0.2, -0.15) is 0 Å². The van der Waals surface area contributed by atoms with Gasteiger partial charge in [-0.25, -0.2) is 0 Å². The van der Waals surface area contributed by atoms with Crippen molar-refractivity contribution in [3.63, 3.8) is 0 Å². The number of morpholine rings is 1. The van der Waals surface area contributed by atoms with E-state index in [4.69, 9.17) is 4.74 Å². The number of ether oxygens (including phenoxy) is 1. The van der Waals surface area contributed by atoms with E-state index in [9.17, 15) is 9.59 Å². The molecule has 1 aromatic heterocycles. The third-order valence-electron chi connectivity index (χ3n) is 8.39. The van der Waals surface area contributed by atoms with Crippen LogP contribution in [-0.4, -0.2) is 90.4 Å². The number of anilines is 1. The number of unbranched alkanes of at least 4 members (excludes halogenated alkanes) is 1. The molecular weight excluding hydrogens is 454 g/mol. The molecule has 0 spiro atoms. The summed E-state index contributed by atoms with van der Waals surface area (Å²) in [6, 6.07) is 3.37. The fraction of sp³-hybridized carbons (Fsp3) is 0.786. The van der Waals surface area contributed by atoms with Gasteiger partial charge in [0.25, 0.3) is 5.56 Å². The topological polar surface area (TPSA) is 70.1 Å². The quantitative estimate of drug-likeness (QED) is 0.617. The standard InChI is InChI=1S/C28H47N5O3/c1-8-9-10-22-11-24-26(30(7)27(22)35)28(5,6)18-33(24)25(34)15-31-13-19(2)29-12-23(31)14-32-20(3)16-36-17-21(32)4/h11,19-21,23,29H,8-10,12-18H2,1-7H3/t19-,20-,21-,23-/m1/s1. The number of amides is 1. The fourth-order valence-electron chi connectivity index (χ4n) is 6.42. The van der Waals surface area contributed by atoms with Crippen LogP contribution < -0.4 is 15.8 Å². The lowest BCUT2D eigenvalue weighted by molar-refractivity contribution is -0.121. The summed E-state index contributed by atoms with van der Waals surface area (Å²) in [5, 5.41) is 3.63. The van der Waals surface area contributed by atoms with Crippen LogP contribution in [0, 0.1) is 0 Å². The number of hydrogen-bond donors (Lipinski definition) is 1. The highest BCUT2D eigenvalue weighted by atomic mass is 16.5. The molecular formula is C28H47N5O3. The maximum Gasteiger partial charge on any atom is 0.253 e. The Morgan fingerprint density at radius 2 is 1.89 bits per heavy atom. The average molecular weight is 502 g/mol. The number of aromatic nitrogens is 1. The molecule has 0 radical (unpaired) electrons. The number of piperazine rings is 1. The van der Waals surface area contributed by atoms with Crippen LogP contribution >= 0.6 is 0 Å². The van der Waals surface area contributed by atoms with E-state index < -0.39 is 0 Å². The first-order chi connectivity index (χ1) is 17.0. The number of aryl methyl sites for hydroxylation is 1. The van der Waals surface area contributed by atoms with Gasteiger partial charge < -0.3 is 19.5 Å². The lowest BCUT2D eigenvalue weighted by Crippen LogP contribution is -2.63. The van der Waals surface area contributed by atoms with Gasteiger partial charge >= 0.3 is 0 Å². The van der Waals surface area contributed by atoms with Crippen LogP contribution in [0.5, 0.6) is 0 Å². The van der Waals surface area contributed by atoms with Crippen LogP contribution in [-0.2, 0) is 28.4 Å². The molecule has 36 heavy (non-hydrogen) atoms. The zero-order valence-electron chi connectivity index (χ0n) is 23.5. The summed E-state index contributed by atoms with van der Waals surface area (Å²) in [5.74, 6) is 0.129. The zero-order chi connectivity index (χ0) is 26.2. The van der Waals surface area contributed by atoms with Gasteiger partial charge in [0.05, 0.1) is 31.1 Å². The van der Waals surface area contributed by atoms with Crippen molar-refractivity contribution in [2.45, 2.75) is 90.4 Å². The van der Waals surface area contributed by atoms with Gasteiger partial charge in [0, 0.05) is 68.4 Å². The van der Waals surface area contributed by atoms with Gasteiger partial charge in [0.1, 0.15) is 0 Å². The van der Waals surface area contributed by atoms with Crippen molar-refractivity contribution >= 4 is 11.6 Å². The Morgan fingerprint density at radius 3 is 2.56 bits per heavy atom. The highest BCUT2D eigenvalue weighted by Gasteiger charge is 2.42. The summed E-state index contributed by atoms with van der Waals surface area (Å²) in [7, 11) is 1.87. The van der Waals surface area contributed by atoms with Gasteiger partial charge in [-0.05, 0) is 39.7 Å². The van der Waals surface area contributed by atoms with Crippen LogP contribution in [0.3, 0.4) is 0 Å². The highest BCUT2D eigenvalue weighted by molar-refractivity contribution is 5.97. The molecule has 2 fully saturated rings. The van der Waals surface area contributed by atoms with E-state index in [0.717, 1.165) is 69.1 Å². The van der Waals surface area contributed by atoms with Crippen LogP contribution in [0.1, 0.15) is 65.6 Å². The van der Waals surface area contributed by atoms with Crippen molar-refractivity contribution in [3.8, 4) is 0 Å². The molecule has 4 rings (SSSR count). The Balaban J connectivity index is 1.56. The Hall–Kier alpha value is -1.74. The first kappa shape index (κ1) is 27.3. The molecule has 1 aromatic rings. The summed E-state index contributed by atoms with van der Waals surface area (Å²) in [5.41, 5.74) is 2.53. The number of pyridine rings is 1. The number of fused-ring (bicyclic) bond motifs is 1. The van der Waals surface area contributed by atoms with Crippen molar-refractivity contribution in [3.05, 3.63) is 27.7 Å². The maximum absolute atomic E-state index is 13.9. The Bertz CT molecular complexity index is 996. The molecule has 2 saturated heterocycles. The predicted molar refractivity (Wildman–Crippen MR) is 145 cm³/mol. The molecule has 1 amide bonds. The fourth-order valence-corrected chi connectivity index (χ4v) is 6.42. The zero-order valence-corrected chi connectivity index (χ0v) is 23.5. The second-order valence-corrected chi connectivity index (χ2v) is 12.1. The molecule has 1 N–H and O–H groups in total. The number of carbonyl (C=O) groups is 1. The largest absolute Gasteiger partial charge is 0.378 e. The third kappa shape index (κ3) is 5.42. The lowest BCUT2D eigenvalue weighted by Gasteiger charge is -2.46. The molecule has 0 bridgehead atoms. The molecule has 0 aliphatic carbocycles. The van der Waals surface area contributed by atoms with Gasteiger partial charge in [0.15, 0.2) is 0 Å². The number of nitrogens with zero attached hydrogens (tertiary/aromatic N) is 4.